The number of rotatable bonds is 7. The number of hydrogen-bond acceptors (Lipinski definition) is 5. The number of fused-ring (bicyclic) bond motifs is 1. The van der Waals surface area contributed by atoms with Gasteiger partial charge in [0.15, 0.2) is 5.16 Å². The van der Waals surface area contributed by atoms with Gasteiger partial charge in [-0.1, -0.05) is 59.8 Å². The highest BCUT2D eigenvalue weighted by atomic mass is 32.2. The van der Waals surface area contributed by atoms with Gasteiger partial charge in [0.2, 0.25) is 11.9 Å². The minimum absolute atomic E-state index is 0.0201. The Morgan fingerprint density at radius 1 is 1.07 bits per heavy atom. The van der Waals surface area contributed by atoms with Gasteiger partial charge in [0.05, 0.1) is 5.75 Å². The van der Waals surface area contributed by atoms with Crippen LogP contribution >= 0.6 is 11.8 Å². The Hall–Kier alpha value is -2.80. The van der Waals surface area contributed by atoms with Crippen molar-refractivity contribution in [2.45, 2.75) is 25.0 Å². The Kier molecular flexibility index (Phi) is 5.62. The molecular weight excluding hydrogens is 370 g/mol. The third-order valence-corrected chi connectivity index (χ3v) is 5.71. The highest BCUT2D eigenvalue weighted by Gasteiger charge is 2.26. The van der Waals surface area contributed by atoms with Crippen LogP contribution in [-0.4, -0.2) is 39.5 Å². The minimum Gasteiger partial charge on any atom is -0.355 e. The van der Waals surface area contributed by atoms with Crippen molar-refractivity contribution in [3.63, 3.8) is 0 Å². The summed E-state index contributed by atoms with van der Waals surface area (Å²) in [7, 11) is 0. The van der Waals surface area contributed by atoms with E-state index in [2.05, 4.69) is 68.3 Å². The van der Waals surface area contributed by atoms with E-state index in [1.54, 1.807) is 0 Å². The molecule has 0 unspecified atom stereocenters. The van der Waals surface area contributed by atoms with E-state index in [1.165, 1.54) is 22.9 Å². The van der Waals surface area contributed by atoms with Crippen LogP contribution in [0.1, 0.15) is 11.1 Å². The van der Waals surface area contributed by atoms with Crippen LogP contribution in [-0.2, 0) is 17.8 Å². The van der Waals surface area contributed by atoms with Crippen molar-refractivity contribution in [2.24, 2.45) is 0 Å². The fourth-order valence-electron chi connectivity index (χ4n) is 3.22. The zero-order valence-electron chi connectivity index (χ0n) is 15.8. The van der Waals surface area contributed by atoms with Crippen molar-refractivity contribution >= 4 is 29.3 Å². The molecule has 28 heavy (non-hydrogen) atoms. The standard InChI is InChI=1S/C21H23N5OS/c1-16-7-9-18(10-8-16)25-13-14-26-20(25)23-24-21(26)28-15-19(27)22-12-11-17-5-3-2-4-6-17/h2-10H,11-15H2,1H3,(H,22,27). The van der Waals surface area contributed by atoms with Gasteiger partial charge >= 0.3 is 0 Å². The predicted octanol–water partition coefficient (Wildman–Crippen LogP) is 3.19. The number of amides is 1. The quantitative estimate of drug-likeness (QED) is 0.625. The summed E-state index contributed by atoms with van der Waals surface area (Å²) in [6.07, 6.45) is 0.836. The second-order valence-electron chi connectivity index (χ2n) is 6.80. The average molecular weight is 394 g/mol. The number of thioether (sulfide) groups is 1. The van der Waals surface area contributed by atoms with Gasteiger partial charge in [-0.25, -0.2) is 0 Å². The molecule has 0 aliphatic carbocycles. The fourth-order valence-corrected chi connectivity index (χ4v) is 4.01. The first-order chi connectivity index (χ1) is 13.7. The molecule has 2 aromatic carbocycles. The Morgan fingerprint density at radius 3 is 2.64 bits per heavy atom. The molecule has 0 saturated carbocycles. The van der Waals surface area contributed by atoms with Crippen LogP contribution in [0.4, 0.5) is 11.6 Å². The van der Waals surface area contributed by atoms with Crippen molar-refractivity contribution in [2.75, 3.05) is 23.7 Å². The van der Waals surface area contributed by atoms with Crippen LogP contribution in [0, 0.1) is 6.92 Å². The van der Waals surface area contributed by atoms with E-state index in [0.29, 0.717) is 12.3 Å². The van der Waals surface area contributed by atoms with E-state index in [4.69, 9.17) is 0 Å². The molecule has 1 N–H and O–H groups in total. The molecule has 0 saturated heterocycles. The second-order valence-corrected chi connectivity index (χ2v) is 7.74. The van der Waals surface area contributed by atoms with Crippen molar-refractivity contribution in [1.82, 2.24) is 20.1 Å². The Labute approximate surface area is 169 Å². The minimum atomic E-state index is 0.0201. The number of nitrogens with zero attached hydrogens (tertiary/aromatic N) is 4. The summed E-state index contributed by atoms with van der Waals surface area (Å²) in [5.74, 6) is 1.21. The first-order valence-corrected chi connectivity index (χ1v) is 10.4. The lowest BCUT2D eigenvalue weighted by molar-refractivity contribution is -0.118. The first kappa shape index (κ1) is 18.6. The Bertz CT molecular complexity index is 939. The smallest absolute Gasteiger partial charge is 0.232 e. The number of carbonyl (C=O) groups excluding carboxylic acids is 1. The number of carbonyl (C=O) groups is 1. The van der Waals surface area contributed by atoms with Gasteiger partial charge in [-0.15, -0.1) is 10.2 Å². The summed E-state index contributed by atoms with van der Waals surface area (Å²) in [4.78, 5) is 14.3. The summed E-state index contributed by atoms with van der Waals surface area (Å²) in [6, 6.07) is 18.6. The lowest BCUT2D eigenvalue weighted by atomic mass is 10.1. The third-order valence-electron chi connectivity index (χ3n) is 4.74. The second kappa shape index (κ2) is 8.48. The molecule has 2 heterocycles. The largest absolute Gasteiger partial charge is 0.355 e. The summed E-state index contributed by atoms with van der Waals surface area (Å²) in [5.41, 5.74) is 3.58. The summed E-state index contributed by atoms with van der Waals surface area (Å²) >= 11 is 1.44. The van der Waals surface area contributed by atoms with Gasteiger partial charge in [-0.3, -0.25) is 9.36 Å². The third kappa shape index (κ3) is 4.20. The monoisotopic (exact) mass is 393 g/mol. The normalized spacial score (nSPS) is 12.8. The van der Waals surface area contributed by atoms with E-state index in [1.807, 2.05) is 18.2 Å². The maximum absolute atomic E-state index is 12.1. The van der Waals surface area contributed by atoms with Gasteiger partial charge in [-0.05, 0) is 31.0 Å². The van der Waals surface area contributed by atoms with Crippen LogP contribution < -0.4 is 10.2 Å². The molecule has 1 aliphatic heterocycles. The molecule has 6 nitrogen and oxygen atoms in total. The van der Waals surface area contributed by atoms with E-state index in [0.717, 1.165) is 36.3 Å². The predicted molar refractivity (Wildman–Crippen MR) is 112 cm³/mol. The summed E-state index contributed by atoms with van der Waals surface area (Å²) in [5, 5.41) is 12.4. The SMILES string of the molecule is Cc1ccc(N2CCn3c(SCC(=O)NCCc4ccccc4)nnc32)cc1. The van der Waals surface area contributed by atoms with Crippen molar-refractivity contribution in [1.29, 1.82) is 0 Å². The van der Waals surface area contributed by atoms with Gasteiger partial charge in [0.1, 0.15) is 0 Å². The maximum atomic E-state index is 12.1. The molecule has 0 fully saturated rings. The molecule has 0 atom stereocenters. The molecule has 0 radical (unpaired) electrons. The Morgan fingerprint density at radius 2 is 1.86 bits per heavy atom. The van der Waals surface area contributed by atoms with Crippen LogP contribution in [0.15, 0.2) is 59.8 Å². The van der Waals surface area contributed by atoms with Crippen molar-refractivity contribution in [3.05, 3.63) is 65.7 Å². The maximum Gasteiger partial charge on any atom is 0.232 e. The van der Waals surface area contributed by atoms with Gasteiger partial charge < -0.3 is 10.2 Å². The Balaban J connectivity index is 1.30. The van der Waals surface area contributed by atoms with Gasteiger partial charge in [-0.2, -0.15) is 0 Å². The molecule has 1 aromatic heterocycles. The van der Waals surface area contributed by atoms with E-state index < -0.39 is 0 Å². The lowest BCUT2D eigenvalue weighted by Crippen LogP contribution is -2.27. The average Bonchev–Trinajstić information content (AvgIpc) is 3.30. The zero-order chi connectivity index (χ0) is 19.3. The molecule has 1 aliphatic rings. The molecule has 0 spiro atoms. The molecule has 0 bridgehead atoms. The summed E-state index contributed by atoms with van der Waals surface area (Å²) in [6.45, 7) is 4.41. The van der Waals surface area contributed by atoms with Crippen LogP contribution in [0.2, 0.25) is 0 Å². The van der Waals surface area contributed by atoms with Crippen molar-refractivity contribution in [3.8, 4) is 0 Å². The van der Waals surface area contributed by atoms with Crippen LogP contribution in [0.5, 0.6) is 0 Å². The number of aryl methyl sites for hydroxylation is 1. The highest BCUT2D eigenvalue weighted by molar-refractivity contribution is 7.99. The molecule has 4 rings (SSSR count). The van der Waals surface area contributed by atoms with Crippen molar-refractivity contribution < 1.29 is 4.79 Å². The zero-order valence-corrected chi connectivity index (χ0v) is 16.7. The molecule has 144 valence electrons. The summed E-state index contributed by atoms with van der Waals surface area (Å²) < 4.78 is 2.09. The van der Waals surface area contributed by atoms with Gasteiger partial charge in [0.25, 0.3) is 0 Å². The van der Waals surface area contributed by atoms with Crippen LogP contribution in [0.25, 0.3) is 0 Å². The highest BCUT2D eigenvalue weighted by Crippen LogP contribution is 2.31. The number of benzene rings is 2. The molecule has 1 amide bonds. The number of nitrogens with one attached hydrogen (secondary N) is 1. The molecule has 3 aromatic rings. The number of hydrogen-bond donors (Lipinski definition) is 1. The first-order valence-electron chi connectivity index (χ1n) is 9.41. The van der Waals surface area contributed by atoms with E-state index >= 15 is 0 Å². The molecular formula is C21H23N5OS. The van der Waals surface area contributed by atoms with Crippen LogP contribution in [0.3, 0.4) is 0 Å². The van der Waals surface area contributed by atoms with E-state index in [-0.39, 0.29) is 5.91 Å². The van der Waals surface area contributed by atoms with E-state index in [9.17, 15) is 4.79 Å². The fraction of sp³-hybridized carbons (Fsp3) is 0.286. The topological polar surface area (TPSA) is 63.1 Å². The number of aromatic nitrogens is 3. The number of anilines is 2. The van der Waals surface area contributed by atoms with Gasteiger partial charge in [0, 0.05) is 25.3 Å². The molecule has 7 heteroatoms. The lowest BCUT2D eigenvalue weighted by Gasteiger charge is -2.15.